The van der Waals surface area contributed by atoms with Crippen LogP contribution in [0.5, 0.6) is 5.75 Å². The van der Waals surface area contributed by atoms with Gasteiger partial charge in [0.15, 0.2) is 0 Å². The van der Waals surface area contributed by atoms with E-state index in [1.54, 1.807) is 12.0 Å². The second-order valence-electron chi connectivity index (χ2n) is 6.69. The van der Waals surface area contributed by atoms with Gasteiger partial charge in [-0.05, 0) is 47.4 Å². The number of esters is 1. The molecule has 0 bridgehead atoms. The molecule has 1 aliphatic rings. The number of hydrogen-bond acceptors (Lipinski definition) is 4. The molecule has 0 aliphatic carbocycles. The van der Waals surface area contributed by atoms with Crippen LogP contribution in [-0.2, 0) is 20.9 Å². The summed E-state index contributed by atoms with van der Waals surface area (Å²) in [6.45, 7) is 0.901. The number of benzene rings is 2. The summed E-state index contributed by atoms with van der Waals surface area (Å²) >= 11 is 0. The first kappa shape index (κ1) is 18.2. The Kier molecular flexibility index (Phi) is 6.10. The smallest absolute Gasteiger partial charge is 0.325 e. The molecule has 5 heteroatoms. The van der Waals surface area contributed by atoms with Crippen molar-refractivity contribution in [2.45, 2.75) is 38.7 Å². The number of carbonyl (C=O) groups excluding carboxylic acids is 2. The molecule has 3 rings (SSSR count). The minimum atomic E-state index is -0.353. The summed E-state index contributed by atoms with van der Waals surface area (Å²) < 4.78 is 10.6. The number of carbonyl (C=O) groups is 2. The number of amides is 1. The Morgan fingerprint density at radius 2 is 1.81 bits per heavy atom. The van der Waals surface area contributed by atoms with Gasteiger partial charge in [0.25, 0.3) is 0 Å². The molecule has 2 aromatic rings. The van der Waals surface area contributed by atoms with Crippen LogP contribution >= 0.6 is 0 Å². The van der Waals surface area contributed by atoms with Crippen molar-refractivity contribution in [1.29, 1.82) is 0 Å². The summed E-state index contributed by atoms with van der Waals surface area (Å²) in [5.74, 6) is 0.518. The summed E-state index contributed by atoms with van der Waals surface area (Å²) in [4.78, 5) is 25.9. The lowest BCUT2D eigenvalue weighted by atomic mass is 10.1. The lowest BCUT2D eigenvalue weighted by Crippen LogP contribution is -2.37. The highest BCUT2D eigenvalue weighted by atomic mass is 16.5. The zero-order valence-electron chi connectivity index (χ0n) is 15.2. The summed E-state index contributed by atoms with van der Waals surface area (Å²) in [5, 5.41) is 2.14. The van der Waals surface area contributed by atoms with Crippen molar-refractivity contribution in [3.63, 3.8) is 0 Å². The second-order valence-corrected chi connectivity index (χ2v) is 6.69. The molecule has 1 saturated heterocycles. The zero-order valence-corrected chi connectivity index (χ0v) is 15.2. The maximum absolute atomic E-state index is 12.1. The fraction of sp³-hybridized carbons (Fsp3) is 0.429. The third-order valence-electron chi connectivity index (χ3n) is 4.75. The van der Waals surface area contributed by atoms with E-state index in [1.165, 1.54) is 0 Å². The SMILES string of the molecule is COc1ccc2cc(COC(=O)CN3CCCCCCC3=O)ccc2c1. The van der Waals surface area contributed by atoms with Crippen LogP contribution in [0, 0.1) is 0 Å². The third-order valence-corrected chi connectivity index (χ3v) is 4.75. The number of methoxy groups -OCH3 is 1. The van der Waals surface area contributed by atoms with Crippen LogP contribution in [0.2, 0.25) is 0 Å². The van der Waals surface area contributed by atoms with Gasteiger partial charge in [-0.15, -0.1) is 0 Å². The number of hydrogen-bond donors (Lipinski definition) is 0. The first-order valence-electron chi connectivity index (χ1n) is 9.16. The molecule has 1 amide bonds. The first-order chi connectivity index (χ1) is 12.7. The van der Waals surface area contributed by atoms with E-state index in [4.69, 9.17) is 9.47 Å². The van der Waals surface area contributed by atoms with E-state index in [9.17, 15) is 9.59 Å². The monoisotopic (exact) mass is 355 g/mol. The predicted octanol–water partition coefficient (Wildman–Crippen LogP) is 3.68. The maximum Gasteiger partial charge on any atom is 0.325 e. The Bertz CT molecular complexity index is 787. The molecule has 1 heterocycles. The van der Waals surface area contributed by atoms with Crippen molar-refractivity contribution >= 4 is 22.6 Å². The Labute approximate surface area is 153 Å². The Balaban J connectivity index is 1.56. The summed E-state index contributed by atoms with van der Waals surface area (Å²) in [6, 6.07) is 11.8. The molecule has 0 radical (unpaired) electrons. The molecule has 0 spiro atoms. The minimum Gasteiger partial charge on any atom is -0.497 e. The van der Waals surface area contributed by atoms with Gasteiger partial charge in [-0.1, -0.05) is 31.0 Å². The third kappa shape index (κ3) is 4.75. The number of fused-ring (bicyclic) bond motifs is 1. The maximum atomic E-state index is 12.1. The first-order valence-corrected chi connectivity index (χ1v) is 9.16. The Morgan fingerprint density at radius 1 is 1.04 bits per heavy atom. The zero-order chi connectivity index (χ0) is 18.4. The number of likely N-dealkylation sites (tertiary alicyclic amines) is 1. The lowest BCUT2D eigenvalue weighted by molar-refractivity contribution is -0.150. The molecule has 0 unspecified atom stereocenters. The predicted molar refractivity (Wildman–Crippen MR) is 100.0 cm³/mol. The second kappa shape index (κ2) is 8.70. The van der Waals surface area contributed by atoms with Gasteiger partial charge in [0.2, 0.25) is 5.91 Å². The van der Waals surface area contributed by atoms with Gasteiger partial charge >= 0.3 is 5.97 Å². The number of rotatable bonds is 5. The van der Waals surface area contributed by atoms with Crippen LogP contribution in [0.15, 0.2) is 36.4 Å². The van der Waals surface area contributed by atoms with Gasteiger partial charge in [-0.3, -0.25) is 9.59 Å². The number of nitrogens with zero attached hydrogens (tertiary/aromatic N) is 1. The van der Waals surface area contributed by atoms with E-state index in [1.807, 2.05) is 36.4 Å². The molecule has 1 fully saturated rings. The molecule has 26 heavy (non-hydrogen) atoms. The largest absolute Gasteiger partial charge is 0.497 e. The molecule has 2 aromatic carbocycles. The Hall–Kier alpha value is -2.56. The van der Waals surface area contributed by atoms with E-state index in [2.05, 4.69) is 0 Å². The van der Waals surface area contributed by atoms with Crippen molar-refractivity contribution in [1.82, 2.24) is 4.90 Å². The fourth-order valence-electron chi connectivity index (χ4n) is 3.24. The van der Waals surface area contributed by atoms with Crippen LogP contribution < -0.4 is 4.74 Å². The van der Waals surface area contributed by atoms with Gasteiger partial charge in [-0.25, -0.2) is 0 Å². The van der Waals surface area contributed by atoms with Crippen LogP contribution in [0.25, 0.3) is 10.8 Å². The molecule has 0 N–H and O–H groups in total. The average molecular weight is 355 g/mol. The average Bonchev–Trinajstić information content (AvgIpc) is 2.65. The minimum absolute atomic E-state index is 0.0453. The molecule has 0 saturated carbocycles. The van der Waals surface area contributed by atoms with E-state index < -0.39 is 0 Å². The molecular formula is C21H25NO4. The van der Waals surface area contributed by atoms with Crippen molar-refractivity contribution in [2.24, 2.45) is 0 Å². The molecule has 5 nitrogen and oxygen atoms in total. The van der Waals surface area contributed by atoms with Crippen molar-refractivity contribution in [2.75, 3.05) is 20.2 Å². The highest BCUT2D eigenvalue weighted by Crippen LogP contribution is 2.22. The highest BCUT2D eigenvalue weighted by Gasteiger charge is 2.19. The van der Waals surface area contributed by atoms with Gasteiger partial charge in [0.1, 0.15) is 18.9 Å². The Morgan fingerprint density at radius 3 is 2.65 bits per heavy atom. The molecule has 0 atom stereocenters. The van der Waals surface area contributed by atoms with E-state index >= 15 is 0 Å². The van der Waals surface area contributed by atoms with Gasteiger partial charge in [-0.2, -0.15) is 0 Å². The van der Waals surface area contributed by atoms with Crippen LogP contribution in [-0.4, -0.2) is 37.0 Å². The highest BCUT2D eigenvalue weighted by molar-refractivity contribution is 5.85. The van der Waals surface area contributed by atoms with E-state index in [-0.39, 0.29) is 25.0 Å². The molecule has 1 aliphatic heterocycles. The van der Waals surface area contributed by atoms with Gasteiger partial charge in [0.05, 0.1) is 7.11 Å². The fourth-order valence-corrected chi connectivity index (χ4v) is 3.24. The van der Waals surface area contributed by atoms with Gasteiger partial charge < -0.3 is 14.4 Å². The van der Waals surface area contributed by atoms with Gasteiger partial charge in [0, 0.05) is 13.0 Å². The normalized spacial score (nSPS) is 15.4. The molecule has 138 valence electrons. The molecular weight excluding hydrogens is 330 g/mol. The lowest BCUT2D eigenvalue weighted by Gasteiger charge is -2.23. The van der Waals surface area contributed by atoms with E-state index in [0.29, 0.717) is 13.0 Å². The van der Waals surface area contributed by atoms with E-state index in [0.717, 1.165) is 47.8 Å². The summed E-state index contributed by atoms with van der Waals surface area (Å²) in [6.07, 6.45) is 4.60. The summed E-state index contributed by atoms with van der Waals surface area (Å²) in [5.41, 5.74) is 0.926. The quantitative estimate of drug-likeness (QED) is 0.768. The van der Waals surface area contributed by atoms with Crippen molar-refractivity contribution in [3.05, 3.63) is 42.0 Å². The van der Waals surface area contributed by atoms with Crippen molar-refractivity contribution < 1.29 is 19.1 Å². The van der Waals surface area contributed by atoms with Crippen molar-refractivity contribution in [3.8, 4) is 5.75 Å². The summed E-state index contributed by atoms with van der Waals surface area (Å²) in [7, 11) is 1.64. The van der Waals surface area contributed by atoms with Crippen LogP contribution in [0.1, 0.15) is 37.7 Å². The standard InChI is InChI=1S/C21H25NO4/c1-25-19-10-9-17-12-16(7-8-18(17)13-19)15-26-21(24)14-22-11-5-3-2-4-6-20(22)23/h7-10,12-13H,2-6,11,14-15H2,1H3. The molecule has 0 aromatic heterocycles. The topological polar surface area (TPSA) is 55.8 Å². The van der Waals surface area contributed by atoms with Crippen LogP contribution in [0.3, 0.4) is 0 Å². The number of ether oxygens (including phenoxy) is 2. The van der Waals surface area contributed by atoms with Crippen LogP contribution in [0.4, 0.5) is 0 Å².